The summed E-state index contributed by atoms with van der Waals surface area (Å²) in [4.78, 5) is 27.2. The van der Waals surface area contributed by atoms with E-state index in [1.165, 1.54) is 0 Å². The fraction of sp³-hybridized carbons (Fsp3) is 0.192. The van der Waals surface area contributed by atoms with Gasteiger partial charge in [-0.2, -0.15) is 0 Å². The van der Waals surface area contributed by atoms with Crippen LogP contribution in [0.1, 0.15) is 45.1 Å². The number of amides is 2. The van der Waals surface area contributed by atoms with Gasteiger partial charge in [-0.25, -0.2) is 0 Å². The van der Waals surface area contributed by atoms with Gasteiger partial charge in [-0.15, -0.1) is 0 Å². The van der Waals surface area contributed by atoms with E-state index in [2.05, 4.69) is 10.5 Å². The lowest BCUT2D eigenvalue weighted by Gasteiger charge is -2.20. The van der Waals surface area contributed by atoms with Crippen molar-refractivity contribution in [3.8, 4) is 11.3 Å². The van der Waals surface area contributed by atoms with Crippen LogP contribution in [0.15, 0.2) is 88.0 Å². The van der Waals surface area contributed by atoms with Gasteiger partial charge in [0.05, 0.1) is 12.8 Å². The zero-order valence-electron chi connectivity index (χ0n) is 17.9. The van der Waals surface area contributed by atoms with Crippen molar-refractivity contribution in [2.24, 2.45) is 0 Å². The van der Waals surface area contributed by atoms with Gasteiger partial charge in [-0.1, -0.05) is 47.6 Å². The quantitative estimate of drug-likeness (QED) is 0.429. The number of benzene rings is 2. The van der Waals surface area contributed by atoms with Crippen LogP contribution >= 0.6 is 0 Å². The topological polar surface area (TPSA) is 88.6 Å². The van der Waals surface area contributed by atoms with Gasteiger partial charge >= 0.3 is 0 Å². The second-order valence-electron chi connectivity index (χ2n) is 8.13. The summed E-state index contributed by atoms with van der Waals surface area (Å²) in [5, 5.41) is 7.04. The molecule has 1 fully saturated rings. The van der Waals surface area contributed by atoms with Crippen molar-refractivity contribution in [3.63, 3.8) is 0 Å². The molecule has 7 nitrogen and oxygen atoms in total. The van der Waals surface area contributed by atoms with E-state index in [0.29, 0.717) is 29.6 Å². The van der Waals surface area contributed by atoms with Gasteiger partial charge in [0.2, 0.25) is 5.76 Å². The van der Waals surface area contributed by atoms with E-state index in [9.17, 15) is 9.59 Å². The van der Waals surface area contributed by atoms with Crippen LogP contribution in [-0.2, 0) is 13.1 Å². The Morgan fingerprint density at radius 2 is 1.76 bits per heavy atom. The van der Waals surface area contributed by atoms with Crippen LogP contribution in [0.5, 0.6) is 0 Å². The standard InChI is InChI=1S/C26H23N3O4/c30-25(27-21-12-13-21)20-10-8-18(9-11-20)16-29(17-22-7-4-14-32-22)26(31)24-15-23(28-33-24)19-5-2-1-3-6-19/h1-11,14-15,21H,12-13,16-17H2,(H,27,30). The van der Waals surface area contributed by atoms with Gasteiger partial charge in [0, 0.05) is 29.8 Å². The molecule has 2 heterocycles. The number of rotatable bonds is 8. The van der Waals surface area contributed by atoms with Crippen molar-refractivity contribution in [2.45, 2.75) is 32.0 Å². The zero-order valence-corrected chi connectivity index (χ0v) is 17.9. The summed E-state index contributed by atoms with van der Waals surface area (Å²) in [7, 11) is 0. The van der Waals surface area contributed by atoms with E-state index in [-0.39, 0.29) is 24.1 Å². The molecule has 0 aliphatic heterocycles. The SMILES string of the molecule is O=C(NC1CC1)c1ccc(CN(Cc2ccco2)C(=O)c2cc(-c3ccccc3)no2)cc1. The van der Waals surface area contributed by atoms with Crippen molar-refractivity contribution in [3.05, 3.63) is 102 Å². The van der Waals surface area contributed by atoms with Gasteiger partial charge in [0.25, 0.3) is 11.8 Å². The molecule has 4 aromatic rings. The maximum absolute atomic E-state index is 13.3. The Bertz CT molecular complexity index is 1230. The van der Waals surface area contributed by atoms with E-state index in [0.717, 1.165) is 24.0 Å². The minimum atomic E-state index is -0.295. The van der Waals surface area contributed by atoms with Gasteiger partial charge in [-0.05, 0) is 42.7 Å². The van der Waals surface area contributed by atoms with Crippen LogP contribution in [0.4, 0.5) is 0 Å². The molecule has 0 unspecified atom stereocenters. The van der Waals surface area contributed by atoms with E-state index < -0.39 is 0 Å². The summed E-state index contributed by atoms with van der Waals surface area (Å²) in [6.07, 6.45) is 3.66. The number of hydrogen-bond acceptors (Lipinski definition) is 5. The number of aromatic nitrogens is 1. The highest BCUT2D eigenvalue weighted by atomic mass is 16.5. The Morgan fingerprint density at radius 3 is 2.45 bits per heavy atom. The first-order valence-corrected chi connectivity index (χ1v) is 10.9. The number of nitrogens with zero attached hydrogens (tertiary/aromatic N) is 2. The van der Waals surface area contributed by atoms with Crippen molar-refractivity contribution in [1.29, 1.82) is 0 Å². The van der Waals surface area contributed by atoms with Gasteiger partial charge in [0.15, 0.2) is 0 Å². The Labute approximate surface area is 191 Å². The molecule has 5 rings (SSSR count). The molecule has 2 aromatic carbocycles. The molecule has 1 saturated carbocycles. The number of carbonyl (C=O) groups excluding carboxylic acids is 2. The molecular weight excluding hydrogens is 418 g/mol. The smallest absolute Gasteiger partial charge is 0.293 e. The fourth-order valence-corrected chi connectivity index (χ4v) is 3.55. The highest BCUT2D eigenvalue weighted by Gasteiger charge is 2.25. The monoisotopic (exact) mass is 441 g/mol. The summed E-state index contributed by atoms with van der Waals surface area (Å²) in [5.41, 5.74) is 2.97. The molecule has 0 bridgehead atoms. The summed E-state index contributed by atoms with van der Waals surface area (Å²) >= 11 is 0. The maximum Gasteiger partial charge on any atom is 0.293 e. The van der Waals surface area contributed by atoms with E-state index in [1.807, 2.05) is 48.5 Å². The molecule has 7 heteroatoms. The third-order valence-electron chi connectivity index (χ3n) is 5.51. The normalized spacial score (nSPS) is 13.0. The van der Waals surface area contributed by atoms with Gasteiger partial charge in [-0.3, -0.25) is 9.59 Å². The van der Waals surface area contributed by atoms with E-state index in [1.54, 1.807) is 35.4 Å². The molecule has 0 radical (unpaired) electrons. The number of nitrogens with one attached hydrogen (secondary N) is 1. The van der Waals surface area contributed by atoms with Gasteiger partial charge < -0.3 is 19.2 Å². The maximum atomic E-state index is 13.3. The van der Waals surface area contributed by atoms with Gasteiger partial charge in [0.1, 0.15) is 11.5 Å². The largest absolute Gasteiger partial charge is 0.467 e. The molecule has 2 aromatic heterocycles. The first-order valence-electron chi connectivity index (χ1n) is 10.9. The zero-order chi connectivity index (χ0) is 22.6. The number of furan rings is 1. The molecule has 1 aliphatic carbocycles. The minimum absolute atomic E-state index is 0.0670. The minimum Gasteiger partial charge on any atom is -0.467 e. The highest BCUT2D eigenvalue weighted by molar-refractivity contribution is 5.94. The van der Waals surface area contributed by atoms with Crippen LogP contribution in [0.2, 0.25) is 0 Å². The van der Waals surface area contributed by atoms with E-state index >= 15 is 0 Å². The number of hydrogen-bond donors (Lipinski definition) is 1. The molecule has 1 aliphatic rings. The van der Waals surface area contributed by atoms with Crippen LogP contribution in [-0.4, -0.2) is 27.9 Å². The Morgan fingerprint density at radius 1 is 0.970 bits per heavy atom. The van der Waals surface area contributed by atoms with Crippen LogP contribution in [0, 0.1) is 0 Å². The summed E-state index contributed by atoms with van der Waals surface area (Å²) in [6.45, 7) is 0.600. The van der Waals surface area contributed by atoms with Crippen molar-refractivity contribution in [1.82, 2.24) is 15.4 Å². The summed E-state index contributed by atoms with van der Waals surface area (Å²) in [6, 6.07) is 22.4. The van der Waals surface area contributed by atoms with Crippen molar-refractivity contribution in [2.75, 3.05) is 0 Å². The lowest BCUT2D eigenvalue weighted by atomic mass is 10.1. The van der Waals surface area contributed by atoms with Crippen LogP contribution in [0.25, 0.3) is 11.3 Å². The molecule has 33 heavy (non-hydrogen) atoms. The van der Waals surface area contributed by atoms with E-state index in [4.69, 9.17) is 8.94 Å². The predicted octanol–water partition coefficient (Wildman–Crippen LogP) is 4.67. The molecular formula is C26H23N3O4. The van der Waals surface area contributed by atoms with Crippen molar-refractivity contribution < 1.29 is 18.5 Å². The Hall–Kier alpha value is -4.13. The first-order chi connectivity index (χ1) is 16.2. The van der Waals surface area contributed by atoms with Crippen LogP contribution in [0.3, 0.4) is 0 Å². The number of carbonyl (C=O) groups is 2. The summed E-state index contributed by atoms with van der Waals surface area (Å²) < 4.78 is 10.9. The highest BCUT2D eigenvalue weighted by Crippen LogP contribution is 2.22. The Balaban J connectivity index is 1.34. The summed E-state index contributed by atoms with van der Waals surface area (Å²) in [5.74, 6) is 0.451. The molecule has 166 valence electrons. The third kappa shape index (κ3) is 5.03. The van der Waals surface area contributed by atoms with Crippen LogP contribution < -0.4 is 5.32 Å². The molecule has 0 spiro atoms. The fourth-order valence-electron chi connectivity index (χ4n) is 3.55. The lowest BCUT2D eigenvalue weighted by Crippen LogP contribution is -2.30. The van der Waals surface area contributed by atoms with Crippen molar-refractivity contribution >= 4 is 11.8 Å². The molecule has 0 atom stereocenters. The Kier molecular flexibility index (Phi) is 5.76. The second-order valence-corrected chi connectivity index (χ2v) is 8.13. The lowest BCUT2D eigenvalue weighted by molar-refractivity contribution is 0.0675. The molecule has 1 N–H and O–H groups in total. The predicted molar refractivity (Wildman–Crippen MR) is 121 cm³/mol. The third-order valence-corrected chi connectivity index (χ3v) is 5.51. The first kappa shape index (κ1) is 20.8. The average Bonchev–Trinajstić information content (AvgIpc) is 3.29. The second kappa shape index (κ2) is 9.16. The molecule has 0 saturated heterocycles. The molecule has 2 amide bonds. The average molecular weight is 441 g/mol.